The van der Waals surface area contributed by atoms with E-state index < -0.39 is 0 Å². The minimum atomic E-state index is -0.107. The molecule has 0 saturated carbocycles. The lowest BCUT2D eigenvalue weighted by molar-refractivity contribution is -0.0409. The van der Waals surface area contributed by atoms with Gasteiger partial charge in [-0.3, -0.25) is 0 Å². The molecule has 142 valence electrons. The number of hydrogen-bond acceptors (Lipinski definition) is 5. The van der Waals surface area contributed by atoms with E-state index >= 15 is 0 Å². The molecule has 1 atom stereocenters. The lowest BCUT2D eigenvalue weighted by Crippen LogP contribution is -2.20. The number of methoxy groups -OCH3 is 1. The zero-order valence-corrected chi connectivity index (χ0v) is 15.8. The summed E-state index contributed by atoms with van der Waals surface area (Å²) in [5.74, 6) is 0.794. The Labute approximate surface area is 154 Å². The maximum atomic E-state index is 9.86. The fourth-order valence-electron chi connectivity index (χ4n) is 3.48. The monoisotopic (exact) mass is 360 g/mol. The number of aryl methyl sites for hydroxylation is 1. The topological polar surface area (TPSA) is 65.7 Å². The van der Waals surface area contributed by atoms with Crippen molar-refractivity contribution in [2.24, 2.45) is 0 Å². The highest BCUT2D eigenvalue weighted by molar-refractivity contribution is 5.71. The van der Waals surface area contributed by atoms with Crippen molar-refractivity contribution in [2.75, 3.05) is 26.9 Å². The van der Waals surface area contributed by atoms with Crippen LogP contribution >= 0.6 is 0 Å². The van der Waals surface area contributed by atoms with Crippen molar-refractivity contribution in [3.8, 4) is 16.9 Å². The molecule has 6 nitrogen and oxygen atoms in total. The van der Waals surface area contributed by atoms with Gasteiger partial charge < -0.3 is 19.3 Å². The third-order valence-electron chi connectivity index (χ3n) is 4.70. The zero-order chi connectivity index (χ0) is 18.5. The summed E-state index contributed by atoms with van der Waals surface area (Å²) in [4.78, 5) is 0. The molecule has 1 unspecified atom stereocenters. The van der Waals surface area contributed by atoms with E-state index in [4.69, 9.17) is 14.2 Å². The van der Waals surface area contributed by atoms with Gasteiger partial charge in [-0.05, 0) is 56.4 Å². The van der Waals surface area contributed by atoms with Gasteiger partial charge in [0.2, 0.25) is 0 Å². The summed E-state index contributed by atoms with van der Waals surface area (Å²) in [6.07, 6.45) is 3.13. The van der Waals surface area contributed by atoms with Crippen molar-refractivity contribution in [3.05, 3.63) is 35.2 Å². The standard InChI is InChI=1S/C20H28N2O4/c1-14-10-16(12-17(11-14)25-9-8-24-3)20-15(2)22(21-18(20)13-23)19-6-4-5-7-26-19/h10-12,19,23H,4-9,13H2,1-3H3. The number of aliphatic hydroxyl groups is 1. The molecular weight excluding hydrogens is 332 g/mol. The van der Waals surface area contributed by atoms with Crippen LogP contribution in [0.2, 0.25) is 0 Å². The van der Waals surface area contributed by atoms with E-state index in [9.17, 15) is 5.11 Å². The second kappa shape index (κ2) is 8.66. The maximum absolute atomic E-state index is 9.86. The van der Waals surface area contributed by atoms with Crippen LogP contribution in [0.5, 0.6) is 5.75 Å². The molecule has 1 aliphatic rings. The van der Waals surface area contributed by atoms with Crippen LogP contribution in [0.25, 0.3) is 11.1 Å². The van der Waals surface area contributed by atoms with Crippen LogP contribution in [0.15, 0.2) is 18.2 Å². The highest BCUT2D eigenvalue weighted by Crippen LogP contribution is 2.34. The molecule has 3 rings (SSSR count). The van der Waals surface area contributed by atoms with Crippen LogP contribution in [0, 0.1) is 13.8 Å². The number of aliphatic hydroxyl groups excluding tert-OH is 1. The van der Waals surface area contributed by atoms with E-state index in [1.54, 1.807) is 7.11 Å². The summed E-state index contributed by atoms with van der Waals surface area (Å²) in [5.41, 5.74) is 4.74. The molecule has 1 fully saturated rings. The summed E-state index contributed by atoms with van der Waals surface area (Å²) in [5, 5.41) is 14.5. The molecule has 0 amide bonds. The van der Waals surface area contributed by atoms with Gasteiger partial charge in [0.15, 0.2) is 0 Å². The van der Waals surface area contributed by atoms with E-state index in [1.165, 1.54) is 0 Å². The second-order valence-electron chi connectivity index (χ2n) is 6.71. The van der Waals surface area contributed by atoms with Crippen molar-refractivity contribution in [1.82, 2.24) is 9.78 Å². The van der Waals surface area contributed by atoms with Gasteiger partial charge in [-0.2, -0.15) is 5.10 Å². The molecular formula is C20H28N2O4. The SMILES string of the molecule is COCCOc1cc(C)cc(-c2c(CO)nn(C3CCCCO3)c2C)c1. The van der Waals surface area contributed by atoms with Crippen LogP contribution < -0.4 is 4.74 Å². The lowest BCUT2D eigenvalue weighted by atomic mass is 10.0. The van der Waals surface area contributed by atoms with E-state index in [2.05, 4.69) is 11.2 Å². The van der Waals surface area contributed by atoms with Crippen LogP contribution in [0.1, 0.15) is 42.4 Å². The smallest absolute Gasteiger partial charge is 0.150 e. The van der Waals surface area contributed by atoms with E-state index in [0.29, 0.717) is 18.9 Å². The first-order valence-electron chi connectivity index (χ1n) is 9.18. The Morgan fingerprint density at radius 2 is 2.08 bits per heavy atom. The van der Waals surface area contributed by atoms with Gasteiger partial charge in [-0.1, -0.05) is 6.07 Å². The Bertz CT molecular complexity index is 736. The third-order valence-corrected chi connectivity index (χ3v) is 4.70. The fourth-order valence-corrected chi connectivity index (χ4v) is 3.48. The van der Waals surface area contributed by atoms with Gasteiger partial charge in [0.25, 0.3) is 0 Å². The van der Waals surface area contributed by atoms with Gasteiger partial charge in [-0.25, -0.2) is 4.68 Å². The molecule has 1 aromatic heterocycles. The Balaban J connectivity index is 1.96. The van der Waals surface area contributed by atoms with E-state index in [-0.39, 0.29) is 12.8 Å². The molecule has 26 heavy (non-hydrogen) atoms. The quantitative estimate of drug-likeness (QED) is 0.767. The second-order valence-corrected chi connectivity index (χ2v) is 6.71. The Morgan fingerprint density at radius 3 is 2.77 bits per heavy atom. The number of hydrogen-bond donors (Lipinski definition) is 1. The number of nitrogens with zero attached hydrogens (tertiary/aromatic N) is 2. The summed E-state index contributed by atoms with van der Waals surface area (Å²) < 4.78 is 18.6. The normalized spacial score (nSPS) is 17.5. The summed E-state index contributed by atoms with van der Waals surface area (Å²) >= 11 is 0. The largest absolute Gasteiger partial charge is 0.491 e. The number of ether oxygens (including phenoxy) is 3. The highest BCUT2D eigenvalue weighted by Gasteiger charge is 2.23. The molecule has 1 N–H and O–H groups in total. The molecule has 2 heterocycles. The average molecular weight is 360 g/mol. The Morgan fingerprint density at radius 1 is 1.23 bits per heavy atom. The first-order valence-corrected chi connectivity index (χ1v) is 9.18. The number of rotatable bonds is 7. The Hall–Kier alpha value is -1.89. The summed E-state index contributed by atoms with van der Waals surface area (Å²) in [6.45, 7) is 5.77. The molecule has 1 saturated heterocycles. The predicted molar refractivity (Wildman–Crippen MR) is 99.3 cm³/mol. The molecule has 0 spiro atoms. The minimum absolute atomic E-state index is 0.0509. The van der Waals surface area contributed by atoms with Crippen LogP contribution in [0.3, 0.4) is 0 Å². The van der Waals surface area contributed by atoms with Crippen molar-refractivity contribution in [2.45, 2.75) is 45.9 Å². The highest BCUT2D eigenvalue weighted by atomic mass is 16.5. The van der Waals surface area contributed by atoms with Crippen molar-refractivity contribution >= 4 is 0 Å². The molecule has 0 radical (unpaired) electrons. The Kier molecular flexibility index (Phi) is 6.29. The molecule has 0 bridgehead atoms. The molecule has 0 aliphatic carbocycles. The van der Waals surface area contributed by atoms with Gasteiger partial charge in [0.1, 0.15) is 18.6 Å². The van der Waals surface area contributed by atoms with Gasteiger partial charge in [0, 0.05) is 25.0 Å². The van der Waals surface area contributed by atoms with Crippen LogP contribution in [-0.4, -0.2) is 41.8 Å². The minimum Gasteiger partial charge on any atom is -0.491 e. The number of benzene rings is 1. The van der Waals surface area contributed by atoms with Crippen LogP contribution in [0.4, 0.5) is 0 Å². The molecule has 6 heteroatoms. The first kappa shape index (κ1) is 18.9. The molecule has 1 aromatic carbocycles. The fraction of sp³-hybridized carbons (Fsp3) is 0.550. The predicted octanol–water partition coefficient (Wildman–Crippen LogP) is 3.38. The van der Waals surface area contributed by atoms with Crippen molar-refractivity contribution in [3.63, 3.8) is 0 Å². The van der Waals surface area contributed by atoms with Crippen molar-refractivity contribution in [1.29, 1.82) is 0 Å². The van der Waals surface area contributed by atoms with Gasteiger partial charge in [0.05, 0.1) is 18.9 Å². The lowest BCUT2D eigenvalue weighted by Gasteiger charge is -2.24. The van der Waals surface area contributed by atoms with Crippen LogP contribution in [-0.2, 0) is 16.1 Å². The number of aromatic nitrogens is 2. The third kappa shape index (κ3) is 4.09. The average Bonchev–Trinajstić information content (AvgIpc) is 2.99. The molecule has 2 aromatic rings. The van der Waals surface area contributed by atoms with E-state index in [0.717, 1.165) is 54.0 Å². The molecule has 1 aliphatic heterocycles. The van der Waals surface area contributed by atoms with E-state index in [1.807, 2.05) is 30.7 Å². The zero-order valence-electron chi connectivity index (χ0n) is 15.8. The maximum Gasteiger partial charge on any atom is 0.150 e. The summed E-state index contributed by atoms with van der Waals surface area (Å²) in [7, 11) is 1.66. The van der Waals surface area contributed by atoms with Crippen molar-refractivity contribution < 1.29 is 19.3 Å². The van der Waals surface area contributed by atoms with Gasteiger partial charge in [-0.15, -0.1) is 0 Å². The first-order chi connectivity index (χ1) is 12.6. The van der Waals surface area contributed by atoms with Gasteiger partial charge >= 0.3 is 0 Å². The summed E-state index contributed by atoms with van der Waals surface area (Å²) in [6, 6.07) is 6.10.